The molecular weight excluding hydrogens is 338 g/mol. The van der Waals surface area contributed by atoms with Gasteiger partial charge in [-0.2, -0.15) is 0 Å². The predicted molar refractivity (Wildman–Crippen MR) is 103 cm³/mol. The topological polar surface area (TPSA) is 56.4 Å². The van der Waals surface area contributed by atoms with Crippen LogP contribution < -0.4 is 0 Å². The molecule has 0 saturated carbocycles. The Morgan fingerprint density at radius 2 is 1.78 bits per heavy atom. The molecule has 0 radical (unpaired) electrons. The Kier molecular flexibility index (Phi) is 3.41. The highest BCUT2D eigenvalue weighted by Crippen LogP contribution is 2.42. The summed E-state index contributed by atoms with van der Waals surface area (Å²) >= 11 is 0. The number of hydrogen-bond acceptors (Lipinski definition) is 2. The largest absolute Gasteiger partial charge is 0.356 e. The van der Waals surface area contributed by atoms with Crippen molar-refractivity contribution in [3.8, 4) is 0 Å². The average Bonchev–Trinajstić information content (AvgIpc) is 3.04. The molecule has 3 heterocycles. The normalized spacial score (nSPS) is 22.1. The zero-order chi connectivity index (χ0) is 18.7. The summed E-state index contributed by atoms with van der Waals surface area (Å²) in [6, 6.07) is 15.7. The predicted octanol–water partition coefficient (Wildman–Crippen LogP) is 2.79. The second-order valence-electron chi connectivity index (χ2n) is 7.59. The van der Waals surface area contributed by atoms with Gasteiger partial charge < -0.3 is 14.8 Å². The minimum atomic E-state index is -0.450. The van der Waals surface area contributed by atoms with Crippen molar-refractivity contribution in [2.24, 2.45) is 0 Å². The number of aryl methyl sites for hydroxylation is 1. The molecule has 2 aliphatic rings. The number of nitrogens with one attached hydrogen (secondary N) is 1. The minimum Gasteiger partial charge on any atom is -0.356 e. The number of aromatic nitrogens is 1. The first-order valence-electron chi connectivity index (χ1n) is 9.27. The Morgan fingerprint density at radius 3 is 2.56 bits per heavy atom. The highest BCUT2D eigenvalue weighted by molar-refractivity contribution is 5.97. The van der Waals surface area contributed by atoms with E-state index >= 15 is 0 Å². The average molecular weight is 359 g/mol. The number of amides is 2. The fraction of sp³-hybridized carbons (Fsp3) is 0.273. The fourth-order valence-corrected chi connectivity index (χ4v) is 4.50. The molecule has 5 rings (SSSR count). The first-order valence-corrected chi connectivity index (χ1v) is 9.27. The Balaban J connectivity index is 1.76. The van der Waals surface area contributed by atoms with Crippen LogP contribution in [-0.4, -0.2) is 46.2 Å². The van der Waals surface area contributed by atoms with E-state index in [0.29, 0.717) is 6.42 Å². The standard InChI is InChI=1S/C22H21N3O2/c1-13-7-9-14(10-8-13)21-20-16(15-5-3-4-6-17(15)23-20)11-18-22(27)24(2)12-19(26)25(18)21/h3-10,18,21,23H,11-12H2,1-2H3. The van der Waals surface area contributed by atoms with Crippen molar-refractivity contribution in [2.75, 3.05) is 13.6 Å². The molecule has 2 atom stereocenters. The Labute approximate surface area is 157 Å². The smallest absolute Gasteiger partial charge is 0.245 e. The molecule has 2 aromatic carbocycles. The van der Waals surface area contributed by atoms with Gasteiger partial charge in [0.25, 0.3) is 0 Å². The van der Waals surface area contributed by atoms with Crippen LogP contribution in [0.1, 0.15) is 28.4 Å². The molecule has 1 saturated heterocycles. The summed E-state index contributed by atoms with van der Waals surface area (Å²) in [6.07, 6.45) is 0.552. The van der Waals surface area contributed by atoms with Gasteiger partial charge in [-0.3, -0.25) is 9.59 Å². The van der Waals surface area contributed by atoms with Crippen molar-refractivity contribution in [2.45, 2.75) is 25.4 Å². The first kappa shape index (κ1) is 16.1. The monoisotopic (exact) mass is 359 g/mol. The molecule has 2 aliphatic heterocycles. The van der Waals surface area contributed by atoms with Crippen molar-refractivity contribution < 1.29 is 9.59 Å². The molecule has 5 nitrogen and oxygen atoms in total. The number of rotatable bonds is 1. The number of likely N-dealkylation sites (N-methyl/N-ethyl adjacent to an activating group) is 1. The van der Waals surface area contributed by atoms with Crippen molar-refractivity contribution >= 4 is 22.7 Å². The van der Waals surface area contributed by atoms with Crippen LogP contribution in [0.25, 0.3) is 10.9 Å². The van der Waals surface area contributed by atoms with Crippen LogP contribution in [0.2, 0.25) is 0 Å². The molecule has 2 amide bonds. The first-order chi connectivity index (χ1) is 13.0. The van der Waals surface area contributed by atoms with Gasteiger partial charge in [0.1, 0.15) is 6.04 Å². The van der Waals surface area contributed by atoms with E-state index in [2.05, 4.69) is 41.4 Å². The molecule has 1 aromatic heterocycles. The third-order valence-corrected chi connectivity index (χ3v) is 5.85. The molecule has 0 spiro atoms. The maximum Gasteiger partial charge on any atom is 0.245 e. The number of piperazine rings is 1. The van der Waals surface area contributed by atoms with Gasteiger partial charge in [0.05, 0.1) is 12.6 Å². The van der Waals surface area contributed by atoms with Crippen LogP contribution >= 0.6 is 0 Å². The molecule has 1 N–H and O–H groups in total. The van der Waals surface area contributed by atoms with E-state index in [4.69, 9.17) is 0 Å². The number of benzene rings is 2. The van der Waals surface area contributed by atoms with Crippen LogP contribution in [0.5, 0.6) is 0 Å². The maximum absolute atomic E-state index is 13.0. The van der Waals surface area contributed by atoms with Crippen molar-refractivity contribution in [1.82, 2.24) is 14.8 Å². The van der Waals surface area contributed by atoms with E-state index in [0.717, 1.165) is 27.7 Å². The second kappa shape index (κ2) is 5.71. The van der Waals surface area contributed by atoms with E-state index in [1.165, 1.54) is 5.56 Å². The lowest BCUT2D eigenvalue weighted by atomic mass is 9.86. The van der Waals surface area contributed by atoms with Crippen LogP contribution in [0, 0.1) is 6.92 Å². The van der Waals surface area contributed by atoms with Crippen LogP contribution in [0.4, 0.5) is 0 Å². The molecule has 0 bridgehead atoms. The lowest BCUT2D eigenvalue weighted by Gasteiger charge is -2.46. The van der Waals surface area contributed by atoms with Crippen LogP contribution in [-0.2, 0) is 16.0 Å². The number of aromatic amines is 1. The highest BCUT2D eigenvalue weighted by Gasteiger charge is 2.47. The van der Waals surface area contributed by atoms with Gasteiger partial charge in [0.2, 0.25) is 11.8 Å². The van der Waals surface area contributed by atoms with E-state index < -0.39 is 6.04 Å². The molecule has 0 aliphatic carbocycles. The van der Waals surface area contributed by atoms with Gasteiger partial charge in [-0.05, 0) is 24.1 Å². The van der Waals surface area contributed by atoms with Gasteiger partial charge >= 0.3 is 0 Å². The summed E-state index contributed by atoms with van der Waals surface area (Å²) < 4.78 is 0. The van der Waals surface area contributed by atoms with Gasteiger partial charge in [-0.15, -0.1) is 0 Å². The highest BCUT2D eigenvalue weighted by atomic mass is 16.2. The maximum atomic E-state index is 13.0. The van der Waals surface area contributed by atoms with Gasteiger partial charge in [0.15, 0.2) is 0 Å². The summed E-state index contributed by atoms with van der Waals surface area (Å²) in [5.74, 6) is 0.0135. The zero-order valence-corrected chi connectivity index (χ0v) is 15.4. The fourth-order valence-electron chi connectivity index (χ4n) is 4.50. The van der Waals surface area contributed by atoms with Gasteiger partial charge in [-0.1, -0.05) is 48.0 Å². The molecule has 1 fully saturated rings. The number of hydrogen-bond donors (Lipinski definition) is 1. The summed E-state index contributed by atoms with van der Waals surface area (Å²) in [4.78, 5) is 32.8. The number of nitrogens with zero attached hydrogens (tertiary/aromatic N) is 2. The third kappa shape index (κ3) is 2.31. The van der Waals surface area contributed by atoms with Crippen molar-refractivity contribution in [1.29, 1.82) is 0 Å². The number of para-hydroxylation sites is 1. The molecule has 5 heteroatoms. The zero-order valence-electron chi connectivity index (χ0n) is 15.4. The summed E-state index contributed by atoms with van der Waals surface area (Å²) in [7, 11) is 1.71. The third-order valence-electron chi connectivity index (χ3n) is 5.85. The van der Waals surface area contributed by atoms with E-state index in [9.17, 15) is 9.59 Å². The van der Waals surface area contributed by atoms with Gasteiger partial charge in [-0.25, -0.2) is 0 Å². The lowest BCUT2D eigenvalue weighted by Crippen LogP contribution is -2.62. The lowest BCUT2D eigenvalue weighted by molar-refractivity contribution is -0.157. The summed E-state index contributed by atoms with van der Waals surface area (Å²) in [5.41, 5.74) is 5.43. The van der Waals surface area contributed by atoms with Crippen LogP contribution in [0.3, 0.4) is 0 Å². The molecule has 27 heavy (non-hydrogen) atoms. The Morgan fingerprint density at radius 1 is 1.04 bits per heavy atom. The molecule has 3 aromatic rings. The Bertz CT molecular complexity index is 1070. The summed E-state index contributed by atoms with van der Waals surface area (Å²) in [6.45, 7) is 2.18. The van der Waals surface area contributed by atoms with Gasteiger partial charge in [0, 0.05) is 30.1 Å². The van der Waals surface area contributed by atoms with E-state index in [1.54, 1.807) is 16.8 Å². The quantitative estimate of drug-likeness (QED) is 0.726. The van der Waals surface area contributed by atoms with Crippen LogP contribution in [0.15, 0.2) is 48.5 Å². The molecule has 136 valence electrons. The van der Waals surface area contributed by atoms with Crippen molar-refractivity contribution in [3.05, 3.63) is 70.9 Å². The summed E-state index contributed by atoms with van der Waals surface area (Å²) in [5, 5.41) is 1.14. The Hall–Kier alpha value is -3.08. The number of carbonyl (C=O) groups is 2. The van der Waals surface area contributed by atoms with E-state index in [-0.39, 0.29) is 24.4 Å². The number of fused-ring (bicyclic) bond motifs is 4. The minimum absolute atomic E-state index is 0.00280. The SMILES string of the molecule is Cc1ccc(C2c3[nH]c4ccccc4c3CC3C(=O)N(C)CC(=O)N32)cc1. The second-order valence-corrected chi connectivity index (χ2v) is 7.59. The van der Waals surface area contributed by atoms with E-state index in [1.807, 2.05) is 19.1 Å². The molecular formula is C22H21N3O2. The van der Waals surface area contributed by atoms with Crippen molar-refractivity contribution in [3.63, 3.8) is 0 Å². The number of H-pyrrole nitrogens is 1. The number of carbonyl (C=O) groups excluding carboxylic acids is 2. The molecule has 2 unspecified atom stereocenters.